The second-order valence-electron chi connectivity index (χ2n) is 5.21. The van der Waals surface area contributed by atoms with Crippen LogP contribution < -0.4 is 0 Å². The number of carboxylic acids is 1. The lowest BCUT2D eigenvalue weighted by Gasteiger charge is -2.27. The molecule has 0 bridgehead atoms. The van der Waals surface area contributed by atoms with E-state index >= 15 is 0 Å². The summed E-state index contributed by atoms with van der Waals surface area (Å²) >= 11 is 0. The molecule has 2 unspecified atom stereocenters. The fourth-order valence-corrected chi connectivity index (χ4v) is 4.65. The molecule has 2 rings (SSSR count). The van der Waals surface area contributed by atoms with Crippen molar-refractivity contribution < 1.29 is 27.9 Å². The van der Waals surface area contributed by atoms with Crippen LogP contribution in [0.1, 0.15) is 26.2 Å². The van der Waals surface area contributed by atoms with Crippen LogP contribution in [0.4, 0.5) is 0 Å². The van der Waals surface area contributed by atoms with Gasteiger partial charge in [0.2, 0.25) is 0 Å². The molecule has 1 N–H and O–H groups in total. The summed E-state index contributed by atoms with van der Waals surface area (Å²) in [6.07, 6.45) is 1.33. The fourth-order valence-electron chi connectivity index (χ4n) is 2.78. The minimum atomic E-state index is -3.81. The average molecular weight is 320 g/mol. The molecule has 0 aliphatic carbocycles. The van der Waals surface area contributed by atoms with Crippen LogP contribution >= 0.6 is 0 Å². The third kappa shape index (κ3) is 3.19. The van der Waals surface area contributed by atoms with Gasteiger partial charge in [0.15, 0.2) is 0 Å². The van der Waals surface area contributed by atoms with E-state index in [2.05, 4.69) is 0 Å². The second-order valence-corrected chi connectivity index (χ2v) is 7.09. The SMILES string of the molecule is CCOC(=O)C1CCCN1S(=O)(=O)N1CCC(C(=O)O)C1. The molecule has 0 aromatic rings. The number of aliphatic carboxylic acids is 1. The molecule has 2 heterocycles. The number of carbonyl (C=O) groups excluding carboxylic acids is 1. The highest BCUT2D eigenvalue weighted by atomic mass is 32.2. The highest BCUT2D eigenvalue weighted by molar-refractivity contribution is 7.86. The third-order valence-electron chi connectivity index (χ3n) is 3.89. The van der Waals surface area contributed by atoms with Gasteiger partial charge in [-0.3, -0.25) is 9.59 Å². The van der Waals surface area contributed by atoms with Gasteiger partial charge in [-0.15, -0.1) is 0 Å². The molecule has 2 atom stereocenters. The highest BCUT2D eigenvalue weighted by Crippen LogP contribution is 2.28. The summed E-state index contributed by atoms with van der Waals surface area (Å²) in [5.41, 5.74) is 0. The molecule has 0 aromatic carbocycles. The van der Waals surface area contributed by atoms with Crippen LogP contribution in [0.25, 0.3) is 0 Å². The first-order valence-corrected chi connectivity index (χ1v) is 8.44. The first-order chi connectivity index (χ1) is 9.87. The minimum Gasteiger partial charge on any atom is -0.481 e. The Bertz CT molecular complexity index is 520. The van der Waals surface area contributed by atoms with Crippen molar-refractivity contribution in [1.82, 2.24) is 8.61 Å². The lowest BCUT2D eigenvalue weighted by atomic mass is 10.1. The molecule has 0 radical (unpaired) electrons. The van der Waals surface area contributed by atoms with Crippen LogP contribution in [0.15, 0.2) is 0 Å². The zero-order valence-electron chi connectivity index (χ0n) is 11.9. The lowest BCUT2D eigenvalue weighted by molar-refractivity contribution is -0.147. The molecule has 0 aromatic heterocycles. The molecule has 2 aliphatic heterocycles. The first kappa shape index (κ1) is 16.2. The Morgan fingerprint density at radius 2 is 2.00 bits per heavy atom. The monoisotopic (exact) mass is 320 g/mol. The Labute approximate surface area is 123 Å². The zero-order valence-corrected chi connectivity index (χ0v) is 12.7. The maximum atomic E-state index is 12.6. The molecule has 0 amide bonds. The molecule has 2 aliphatic rings. The molecule has 9 heteroatoms. The maximum Gasteiger partial charge on any atom is 0.324 e. The predicted octanol–water partition coefficient (Wildman–Crippen LogP) is -0.335. The summed E-state index contributed by atoms with van der Waals surface area (Å²) in [5.74, 6) is -2.20. The summed E-state index contributed by atoms with van der Waals surface area (Å²) in [6, 6.07) is -0.793. The molecular weight excluding hydrogens is 300 g/mol. The molecule has 0 saturated carbocycles. The summed E-state index contributed by atoms with van der Waals surface area (Å²) in [4.78, 5) is 22.8. The van der Waals surface area contributed by atoms with E-state index in [-0.39, 0.29) is 26.2 Å². The maximum absolute atomic E-state index is 12.6. The fraction of sp³-hybridized carbons (Fsp3) is 0.833. The van der Waals surface area contributed by atoms with Gasteiger partial charge in [0.1, 0.15) is 6.04 Å². The van der Waals surface area contributed by atoms with Gasteiger partial charge in [0, 0.05) is 19.6 Å². The smallest absolute Gasteiger partial charge is 0.324 e. The Hall–Kier alpha value is -1.19. The van der Waals surface area contributed by atoms with Gasteiger partial charge in [-0.25, -0.2) is 0 Å². The molecule has 2 fully saturated rings. The van der Waals surface area contributed by atoms with Gasteiger partial charge in [0.25, 0.3) is 10.2 Å². The normalized spacial score (nSPS) is 27.9. The van der Waals surface area contributed by atoms with Crippen molar-refractivity contribution in [2.24, 2.45) is 5.92 Å². The van der Waals surface area contributed by atoms with E-state index in [4.69, 9.17) is 9.84 Å². The molecule has 8 nitrogen and oxygen atoms in total. The summed E-state index contributed by atoms with van der Waals surface area (Å²) in [5, 5.41) is 8.96. The van der Waals surface area contributed by atoms with Crippen LogP contribution in [0.2, 0.25) is 0 Å². The number of ether oxygens (including phenoxy) is 1. The highest BCUT2D eigenvalue weighted by Gasteiger charge is 2.45. The largest absolute Gasteiger partial charge is 0.481 e. The first-order valence-electron chi connectivity index (χ1n) is 7.04. The van der Waals surface area contributed by atoms with Crippen LogP contribution in [0, 0.1) is 5.92 Å². The van der Waals surface area contributed by atoms with Gasteiger partial charge < -0.3 is 9.84 Å². The Kier molecular flexibility index (Phi) is 4.84. The molecule has 2 saturated heterocycles. The Morgan fingerprint density at radius 3 is 2.57 bits per heavy atom. The van der Waals surface area contributed by atoms with Crippen molar-refractivity contribution in [2.75, 3.05) is 26.2 Å². The topological polar surface area (TPSA) is 104 Å². The Morgan fingerprint density at radius 1 is 1.29 bits per heavy atom. The van der Waals surface area contributed by atoms with Crippen LogP contribution in [0.5, 0.6) is 0 Å². The van der Waals surface area contributed by atoms with E-state index in [0.29, 0.717) is 19.3 Å². The number of carbonyl (C=O) groups is 2. The predicted molar refractivity (Wildman–Crippen MR) is 72.6 cm³/mol. The quantitative estimate of drug-likeness (QED) is 0.695. The molecule has 21 heavy (non-hydrogen) atoms. The van der Waals surface area contributed by atoms with Crippen molar-refractivity contribution in [2.45, 2.75) is 32.2 Å². The summed E-state index contributed by atoms with van der Waals surface area (Å²) in [6.45, 7) is 2.27. The zero-order chi connectivity index (χ0) is 15.6. The summed E-state index contributed by atoms with van der Waals surface area (Å²) in [7, 11) is -3.81. The van der Waals surface area contributed by atoms with Gasteiger partial charge in [0.05, 0.1) is 12.5 Å². The van der Waals surface area contributed by atoms with Gasteiger partial charge in [-0.1, -0.05) is 0 Å². The van der Waals surface area contributed by atoms with Crippen LogP contribution in [-0.2, 0) is 24.5 Å². The van der Waals surface area contributed by atoms with E-state index in [9.17, 15) is 18.0 Å². The van der Waals surface area contributed by atoms with E-state index in [1.807, 2.05) is 0 Å². The van der Waals surface area contributed by atoms with Crippen molar-refractivity contribution >= 4 is 22.1 Å². The number of hydrogen-bond donors (Lipinski definition) is 1. The third-order valence-corrected chi connectivity index (χ3v) is 5.90. The minimum absolute atomic E-state index is 0.0380. The standard InChI is InChI=1S/C12H20N2O6S/c1-2-20-12(17)10-4-3-6-14(10)21(18,19)13-7-5-9(8-13)11(15)16/h9-10H,2-8H2,1H3,(H,15,16). The van der Waals surface area contributed by atoms with E-state index in [1.54, 1.807) is 6.92 Å². The number of nitrogens with zero attached hydrogens (tertiary/aromatic N) is 2. The number of carboxylic acid groups (broad SMARTS) is 1. The molecule has 0 spiro atoms. The van der Waals surface area contributed by atoms with Gasteiger partial charge in [-0.05, 0) is 26.2 Å². The number of rotatable bonds is 5. The molecule has 120 valence electrons. The Balaban J connectivity index is 2.12. The summed E-state index contributed by atoms with van der Waals surface area (Å²) < 4.78 is 32.4. The van der Waals surface area contributed by atoms with E-state index in [0.717, 1.165) is 8.61 Å². The van der Waals surface area contributed by atoms with Crippen molar-refractivity contribution in [3.63, 3.8) is 0 Å². The van der Waals surface area contributed by atoms with Crippen molar-refractivity contribution in [3.05, 3.63) is 0 Å². The van der Waals surface area contributed by atoms with Crippen molar-refractivity contribution in [3.8, 4) is 0 Å². The lowest BCUT2D eigenvalue weighted by Crippen LogP contribution is -2.48. The molecular formula is C12H20N2O6S. The van der Waals surface area contributed by atoms with Gasteiger partial charge in [-0.2, -0.15) is 17.0 Å². The number of esters is 1. The van der Waals surface area contributed by atoms with Crippen molar-refractivity contribution in [1.29, 1.82) is 0 Å². The second kappa shape index (κ2) is 6.29. The van der Waals surface area contributed by atoms with Crippen LogP contribution in [-0.4, -0.2) is 66.4 Å². The van der Waals surface area contributed by atoms with Crippen LogP contribution in [0.3, 0.4) is 0 Å². The van der Waals surface area contributed by atoms with Gasteiger partial charge >= 0.3 is 11.9 Å². The number of hydrogen-bond acceptors (Lipinski definition) is 5. The average Bonchev–Trinajstić information content (AvgIpc) is 3.09. The van der Waals surface area contributed by atoms with E-state index in [1.165, 1.54) is 0 Å². The van der Waals surface area contributed by atoms with E-state index < -0.39 is 34.1 Å².